The summed E-state index contributed by atoms with van der Waals surface area (Å²) >= 11 is 1.49. The fraction of sp³-hybridized carbons (Fsp3) is 0. The molecule has 0 aliphatic rings. The van der Waals surface area contributed by atoms with Crippen molar-refractivity contribution in [3.8, 4) is 10.4 Å². The fourth-order valence-corrected chi connectivity index (χ4v) is 1.57. The standard InChI is InChI=1S/C9H7N2S/c10-8-3-1-2-7(4-8)9-5-11-6-12-9/h1-5H,10H2. The highest BCUT2D eigenvalue weighted by Gasteiger charge is 1.98. The quantitative estimate of drug-likeness (QED) is 0.675. The minimum atomic E-state index is 0.779. The zero-order valence-corrected chi connectivity index (χ0v) is 7.14. The van der Waals surface area contributed by atoms with Gasteiger partial charge in [-0.2, -0.15) is 0 Å². The van der Waals surface area contributed by atoms with Gasteiger partial charge in [-0.3, -0.25) is 0 Å². The number of aromatic nitrogens is 1. The van der Waals surface area contributed by atoms with Crippen LogP contribution in [0.5, 0.6) is 0 Å². The molecule has 12 heavy (non-hydrogen) atoms. The highest BCUT2D eigenvalue weighted by atomic mass is 32.1. The zero-order valence-electron chi connectivity index (χ0n) is 6.32. The Morgan fingerprint density at radius 3 is 3.00 bits per heavy atom. The van der Waals surface area contributed by atoms with E-state index in [1.165, 1.54) is 11.3 Å². The van der Waals surface area contributed by atoms with Crippen LogP contribution in [0.15, 0.2) is 30.5 Å². The van der Waals surface area contributed by atoms with E-state index in [4.69, 9.17) is 5.73 Å². The van der Waals surface area contributed by atoms with E-state index >= 15 is 0 Å². The van der Waals surface area contributed by atoms with E-state index in [1.807, 2.05) is 24.3 Å². The van der Waals surface area contributed by atoms with Crippen molar-refractivity contribution in [2.75, 3.05) is 5.73 Å². The van der Waals surface area contributed by atoms with Crippen LogP contribution in [0.1, 0.15) is 0 Å². The second-order valence-electron chi connectivity index (χ2n) is 2.44. The molecule has 0 saturated heterocycles. The average Bonchev–Trinajstić information content (AvgIpc) is 2.56. The second kappa shape index (κ2) is 2.95. The maximum absolute atomic E-state index is 5.64. The topological polar surface area (TPSA) is 38.9 Å². The van der Waals surface area contributed by atoms with Gasteiger partial charge in [-0.05, 0) is 17.7 Å². The Morgan fingerprint density at radius 1 is 1.42 bits per heavy atom. The van der Waals surface area contributed by atoms with Gasteiger partial charge in [0.05, 0.1) is 4.88 Å². The van der Waals surface area contributed by atoms with Crippen molar-refractivity contribution in [3.05, 3.63) is 36.0 Å². The van der Waals surface area contributed by atoms with Crippen LogP contribution in [-0.2, 0) is 0 Å². The number of anilines is 1. The van der Waals surface area contributed by atoms with Crippen LogP contribution in [0.4, 0.5) is 5.69 Å². The summed E-state index contributed by atoms with van der Waals surface area (Å²) in [5.74, 6) is 0. The molecule has 0 spiro atoms. The first-order chi connectivity index (χ1) is 5.86. The SMILES string of the molecule is Nc1cccc(-c2cn[c]s2)c1. The van der Waals surface area contributed by atoms with Crippen molar-refractivity contribution >= 4 is 17.0 Å². The molecule has 0 atom stereocenters. The molecule has 0 aliphatic carbocycles. The lowest BCUT2D eigenvalue weighted by Crippen LogP contribution is -1.83. The Balaban J connectivity index is 2.48. The van der Waals surface area contributed by atoms with Gasteiger partial charge in [-0.15, -0.1) is 11.3 Å². The highest BCUT2D eigenvalue weighted by molar-refractivity contribution is 7.12. The highest BCUT2D eigenvalue weighted by Crippen LogP contribution is 2.23. The molecule has 1 heterocycles. The Kier molecular flexibility index (Phi) is 1.80. The predicted octanol–water partition coefficient (Wildman–Crippen LogP) is 2.19. The maximum atomic E-state index is 5.64. The van der Waals surface area contributed by atoms with Gasteiger partial charge < -0.3 is 5.73 Å². The number of hydrogen-bond donors (Lipinski definition) is 1. The van der Waals surface area contributed by atoms with Crippen molar-refractivity contribution in [2.45, 2.75) is 0 Å². The Morgan fingerprint density at radius 2 is 2.33 bits per heavy atom. The third-order valence-corrected chi connectivity index (χ3v) is 2.32. The van der Waals surface area contributed by atoms with Crippen LogP contribution in [0, 0.1) is 5.51 Å². The molecule has 2 nitrogen and oxygen atoms in total. The summed E-state index contributed by atoms with van der Waals surface area (Å²) in [5.41, 5.74) is 10.3. The monoisotopic (exact) mass is 175 g/mol. The Hall–Kier alpha value is -1.35. The lowest BCUT2D eigenvalue weighted by Gasteiger charge is -1.96. The lowest BCUT2D eigenvalue weighted by molar-refractivity contribution is 1.41. The summed E-state index contributed by atoms with van der Waals surface area (Å²) < 4.78 is 0. The predicted molar refractivity (Wildman–Crippen MR) is 50.8 cm³/mol. The van der Waals surface area contributed by atoms with E-state index in [1.54, 1.807) is 6.20 Å². The van der Waals surface area contributed by atoms with Gasteiger partial charge in [0.1, 0.15) is 0 Å². The number of thiazole rings is 1. The molecule has 2 aromatic rings. The summed E-state index contributed by atoms with van der Waals surface area (Å²) in [6.45, 7) is 0. The van der Waals surface area contributed by atoms with Crippen LogP contribution < -0.4 is 5.73 Å². The fourth-order valence-electron chi connectivity index (χ4n) is 1.01. The van der Waals surface area contributed by atoms with Crippen molar-refractivity contribution in [2.24, 2.45) is 0 Å². The van der Waals surface area contributed by atoms with E-state index < -0.39 is 0 Å². The van der Waals surface area contributed by atoms with E-state index in [-0.39, 0.29) is 0 Å². The van der Waals surface area contributed by atoms with Gasteiger partial charge in [0.2, 0.25) is 0 Å². The number of nitrogens with zero attached hydrogens (tertiary/aromatic N) is 1. The van der Waals surface area contributed by atoms with Gasteiger partial charge in [-0.25, -0.2) is 4.98 Å². The second-order valence-corrected chi connectivity index (χ2v) is 3.27. The third kappa shape index (κ3) is 1.31. The van der Waals surface area contributed by atoms with E-state index in [0.717, 1.165) is 16.1 Å². The van der Waals surface area contributed by atoms with Gasteiger partial charge in [0.15, 0.2) is 5.51 Å². The molecule has 2 rings (SSSR count). The summed E-state index contributed by atoms with van der Waals surface area (Å²) in [4.78, 5) is 4.98. The average molecular weight is 175 g/mol. The van der Waals surface area contributed by atoms with Gasteiger partial charge in [0.25, 0.3) is 0 Å². The molecule has 1 radical (unpaired) electrons. The van der Waals surface area contributed by atoms with Crippen LogP contribution >= 0.6 is 11.3 Å². The number of benzene rings is 1. The van der Waals surface area contributed by atoms with Crippen LogP contribution in [-0.4, -0.2) is 4.98 Å². The minimum Gasteiger partial charge on any atom is -0.399 e. The van der Waals surface area contributed by atoms with Crippen molar-refractivity contribution in [3.63, 3.8) is 0 Å². The number of hydrogen-bond acceptors (Lipinski definition) is 3. The molecule has 0 amide bonds. The molecule has 59 valence electrons. The Bertz CT molecular complexity index is 368. The first-order valence-electron chi connectivity index (χ1n) is 3.54. The smallest absolute Gasteiger partial charge is 0.152 e. The van der Waals surface area contributed by atoms with Gasteiger partial charge in [0, 0.05) is 11.9 Å². The van der Waals surface area contributed by atoms with Crippen LogP contribution in [0.3, 0.4) is 0 Å². The molecule has 1 aromatic carbocycles. The summed E-state index contributed by atoms with van der Waals surface area (Å²) in [7, 11) is 0. The molecule has 0 bridgehead atoms. The largest absolute Gasteiger partial charge is 0.399 e. The maximum Gasteiger partial charge on any atom is 0.152 e. The van der Waals surface area contributed by atoms with Crippen molar-refractivity contribution < 1.29 is 0 Å². The first-order valence-corrected chi connectivity index (χ1v) is 4.36. The molecule has 0 aliphatic heterocycles. The normalized spacial score (nSPS) is 10.0. The lowest BCUT2D eigenvalue weighted by atomic mass is 10.2. The summed E-state index contributed by atoms with van der Waals surface area (Å²) in [5, 5.41) is 0. The molecule has 0 fully saturated rings. The van der Waals surface area contributed by atoms with Gasteiger partial charge in [-0.1, -0.05) is 12.1 Å². The first kappa shape index (κ1) is 7.31. The molecule has 0 unspecified atom stereocenters. The van der Waals surface area contributed by atoms with E-state index in [0.29, 0.717) is 0 Å². The molecule has 1 aromatic heterocycles. The number of nitrogens with two attached hydrogens (primary N) is 1. The molecule has 0 saturated carbocycles. The number of nitrogen functional groups attached to an aromatic ring is 1. The minimum absolute atomic E-state index is 0.779. The summed E-state index contributed by atoms with van der Waals surface area (Å²) in [6.07, 6.45) is 1.79. The van der Waals surface area contributed by atoms with Gasteiger partial charge >= 0.3 is 0 Å². The number of rotatable bonds is 1. The van der Waals surface area contributed by atoms with Crippen molar-refractivity contribution in [1.29, 1.82) is 0 Å². The molecular formula is C9H7N2S. The third-order valence-electron chi connectivity index (χ3n) is 1.56. The molecule has 3 heteroatoms. The van der Waals surface area contributed by atoms with E-state index in [9.17, 15) is 0 Å². The Labute approximate surface area is 74.7 Å². The molecular weight excluding hydrogens is 168 g/mol. The zero-order chi connectivity index (χ0) is 8.39. The van der Waals surface area contributed by atoms with Crippen LogP contribution in [0.25, 0.3) is 10.4 Å². The van der Waals surface area contributed by atoms with Crippen LogP contribution in [0.2, 0.25) is 0 Å². The summed E-state index contributed by atoms with van der Waals surface area (Å²) in [6, 6.07) is 7.75. The van der Waals surface area contributed by atoms with E-state index in [2.05, 4.69) is 10.5 Å². The van der Waals surface area contributed by atoms with Crippen molar-refractivity contribution in [1.82, 2.24) is 4.98 Å². The molecule has 2 N–H and O–H groups in total.